The molecule has 0 bridgehead atoms. The van der Waals surface area contributed by atoms with Gasteiger partial charge in [0.05, 0.1) is 0 Å². The second kappa shape index (κ2) is 6.93. The average Bonchev–Trinajstić information content (AvgIpc) is 3.28. The van der Waals surface area contributed by atoms with Gasteiger partial charge in [-0.2, -0.15) is 0 Å². The maximum absolute atomic E-state index is 3.59. The third-order valence-electron chi connectivity index (χ3n) is 5.11. The van der Waals surface area contributed by atoms with Gasteiger partial charge in [-0.15, -0.1) is 0 Å². The van der Waals surface area contributed by atoms with Gasteiger partial charge in [-0.25, -0.2) is 0 Å². The molecule has 0 amide bonds. The Labute approximate surface area is 129 Å². The van der Waals surface area contributed by atoms with E-state index in [-0.39, 0.29) is 0 Å². The van der Waals surface area contributed by atoms with Crippen LogP contribution in [-0.4, -0.2) is 30.1 Å². The summed E-state index contributed by atoms with van der Waals surface area (Å²) in [6.45, 7) is 8.28. The number of nitrogens with zero attached hydrogens (tertiary/aromatic N) is 1. The Balaban J connectivity index is 1.46. The Morgan fingerprint density at radius 3 is 2.43 bits per heavy atom. The highest BCUT2D eigenvalue weighted by atomic mass is 15.2. The van der Waals surface area contributed by atoms with E-state index in [1.165, 1.54) is 43.4 Å². The van der Waals surface area contributed by atoms with Crippen molar-refractivity contribution >= 4 is 0 Å². The van der Waals surface area contributed by atoms with Crippen LogP contribution in [0.1, 0.15) is 50.7 Å². The van der Waals surface area contributed by atoms with E-state index >= 15 is 0 Å². The molecule has 116 valence electrons. The van der Waals surface area contributed by atoms with Crippen molar-refractivity contribution in [3.8, 4) is 0 Å². The topological polar surface area (TPSA) is 15.3 Å². The van der Waals surface area contributed by atoms with Crippen LogP contribution >= 0.6 is 0 Å². The standard InChI is InChI=1S/C19H30N2/c1-15-10-12-21(16(2)13-15)14-18-5-3-17(4-6-18)9-11-20-19-7-8-19/h3-6,15-16,19-20H,7-14H2,1-2H3. The van der Waals surface area contributed by atoms with Gasteiger partial charge in [-0.05, 0) is 69.2 Å². The highest BCUT2D eigenvalue weighted by molar-refractivity contribution is 5.23. The normalized spacial score (nSPS) is 27.0. The van der Waals surface area contributed by atoms with E-state index in [9.17, 15) is 0 Å². The third-order valence-corrected chi connectivity index (χ3v) is 5.11. The van der Waals surface area contributed by atoms with Crippen molar-refractivity contribution in [2.45, 2.75) is 64.6 Å². The Morgan fingerprint density at radius 2 is 1.76 bits per heavy atom. The summed E-state index contributed by atoms with van der Waals surface area (Å²) >= 11 is 0. The first-order chi connectivity index (χ1) is 10.2. The molecule has 0 aromatic heterocycles. The minimum atomic E-state index is 0.733. The molecule has 1 saturated carbocycles. The fourth-order valence-electron chi connectivity index (χ4n) is 3.44. The molecule has 2 atom stereocenters. The number of rotatable bonds is 6. The van der Waals surface area contributed by atoms with Crippen LogP contribution < -0.4 is 5.32 Å². The van der Waals surface area contributed by atoms with E-state index in [1.807, 2.05) is 0 Å². The van der Waals surface area contributed by atoms with Crippen LogP contribution in [0.4, 0.5) is 0 Å². The van der Waals surface area contributed by atoms with Crippen LogP contribution in [0.3, 0.4) is 0 Å². The Hall–Kier alpha value is -0.860. The van der Waals surface area contributed by atoms with Gasteiger partial charge in [0, 0.05) is 18.6 Å². The molecule has 1 aliphatic carbocycles. The predicted molar refractivity (Wildman–Crippen MR) is 89.4 cm³/mol. The molecule has 1 heterocycles. The molecule has 3 rings (SSSR count). The number of benzene rings is 1. The zero-order valence-electron chi connectivity index (χ0n) is 13.6. The van der Waals surface area contributed by atoms with Crippen molar-refractivity contribution in [2.24, 2.45) is 5.92 Å². The summed E-state index contributed by atoms with van der Waals surface area (Å²) in [7, 11) is 0. The second-order valence-electron chi connectivity index (χ2n) is 7.24. The molecular formula is C19H30N2. The summed E-state index contributed by atoms with van der Waals surface area (Å²) < 4.78 is 0. The van der Waals surface area contributed by atoms with Gasteiger partial charge in [0.25, 0.3) is 0 Å². The fourth-order valence-corrected chi connectivity index (χ4v) is 3.44. The van der Waals surface area contributed by atoms with Crippen LogP contribution in [0.15, 0.2) is 24.3 Å². The van der Waals surface area contributed by atoms with Gasteiger partial charge >= 0.3 is 0 Å². The highest BCUT2D eigenvalue weighted by Gasteiger charge is 2.22. The summed E-state index contributed by atoms with van der Waals surface area (Å²) in [5.41, 5.74) is 2.93. The average molecular weight is 286 g/mol. The van der Waals surface area contributed by atoms with Crippen molar-refractivity contribution in [1.82, 2.24) is 10.2 Å². The second-order valence-corrected chi connectivity index (χ2v) is 7.24. The molecule has 1 aliphatic heterocycles. The Bertz CT molecular complexity index is 435. The number of hydrogen-bond donors (Lipinski definition) is 1. The molecule has 2 unspecified atom stereocenters. The fraction of sp³-hybridized carbons (Fsp3) is 0.684. The summed E-state index contributed by atoms with van der Waals surface area (Å²) in [6, 6.07) is 10.9. The molecule has 1 aromatic rings. The van der Waals surface area contributed by atoms with E-state index in [2.05, 4.69) is 48.3 Å². The van der Waals surface area contributed by atoms with Crippen LogP contribution in [0.5, 0.6) is 0 Å². The van der Waals surface area contributed by atoms with E-state index < -0.39 is 0 Å². The lowest BCUT2D eigenvalue weighted by Crippen LogP contribution is -2.39. The zero-order chi connectivity index (χ0) is 14.7. The molecule has 1 N–H and O–H groups in total. The molecule has 0 spiro atoms. The van der Waals surface area contributed by atoms with Gasteiger partial charge < -0.3 is 5.32 Å². The van der Waals surface area contributed by atoms with E-state index in [1.54, 1.807) is 0 Å². The first-order valence-electron chi connectivity index (χ1n) is 8.76. The van der Waals surface area contributed by atoms with E-state index in [0.717, 1.165) is 37.5 Å². The quantitative estimate of drug-likeness (QED) is 0.859. The SMILES string of the molecule is CC1CCN(Cc2ccc(CCNC3CC3)cc2)C(C)C1. The molecule has 2 nitrogen and oxygen atoms in total. The maximum atomic E-state index is 3.59. The molecule has 0 radical (unpaired) electrons. The number of piperidine rings is 1. The first kappa shape index (κ1) is 15.1. The summed E-state index contributed by atoms with van der Waals surface area (Å²) in [5, 5.41) is 3.59. The molecule has 1 saturated heterocycles. The van der Waals surface area contributed by atoms with Crippen LogP contribution in [0.25, 0.3) is 0 Å². The summed E-state index contributed by atoms with van der Waals surface area (Å²) in [4.78, 5) is 2.64. The molecule has 21 heavy (non-hydrogen) atoms. The van der Waals surface area contributed by atoms with Gasteiger partial charge in [0.2, 0.25) is 0 Å². The van der Waals surface area contributed by atoms with Gasteiger partial charge in [-0.3, -0.25) is 4.90 Å². The lowest BCUT2D eigenvalue weighted by Gasteiger charge is -2.36. The highest BCUT2D eigenvalue weighted by Crippen LogP contribution is 2.24. The smallest absolute Gasteiger partial charge is 0.0236 e. The van der Waals surface area contributed by atoms with E-state index in [0.29, 0.717) is 0 Å². The minimum absolute atomic E-state index is 0.733. The lowest BCUT2D eigenvalue weighted by molar-refractivity contribution is 0.122. The zero-order valence-corrected chi connectivity index (χ0v) is 13.6. The predicted octanol–water partition coefficient (Wildman–Crippen LogP) is 3.60. The molecule has 1 aromatic carbocycles. The van der Waals surface area contributed by atoms with Crippen molar-refractivity contribution in [1.29, 1.82) is 0 Å². The molecule has 2 fully saturated rings. The van der Waals surface area contributed by atoms with Crippen molar-refractivity contribution in [3.63, 3.8) is 0 Å². The van der Waals surface area contributed by atoms with Crippen molar-refractivity contribution < 1.29 is 0 Å². The number of likely N-dealkylation sites (tertiary alicyclic amines) is 1. The third kappa shape index (κ3) is 4.55. The monoisotopic (exact) mass is 286 g/mol. The van der Waals surface area contributed by atoms with E-state index in [4.69, 9.17) is 0 Å². The summed E-state index contributed by atoms with van der Waals surface area (Å²) in [5.74, 6) is 0.901. The Kier molecular flexibility index (Phi) is 4.97. The largest absolute Gasteiger partial charge is 0.314 e. The van der Waals surface area contributed by atoms with Crippen LogP contribution in [0, 0.1) is 5.92 Å². The number of nitrogens with one attached hydrogen (secondary N) is 1. The Morgan fingerprint density at radius 1 is 1.05 bits per heavy atom. The summed E-state index contributed by atoms with van der Waals surface area (Å²) in [6.07, 6.45) is 6.63. The molecular weight excluding hydrogens is 256 g/mol. The minimum Gasteiger partial charge on any atom is -0.314 e. The lowest BCUT2D eigenvalue weighted by atomic mass is 9.93. The van der Waals surface area contributed by atoms with Gasteiger partial charge in [0.1, 0.15) is 0 Å². The van der Waals surface area contributed by atoms with Gasteiger partial charge in [0.15, 0.2) is 0 Å². The van der Waals surface area contributed by atoms with Crippen LogP contribution in [-0.2, 0) is 13.0 Å². The van der Waals surface area contributed by atoms with Crippen molar-refractivity contribution in [3.05, 3.63) is 35.4 Å². The molecule has 2 aliphatic rings. The number of hydrogen-bond acceptors (Lipinski definition) is 2. The molecule has 2 heteroatoms. The van der Waals surface area contributed by atoms with Gasteiger partial charge in [-0.1, -0.05) is 31.2 Å². The van der Waals surface area contributed by atoms with Crippen LogP contribution in [0.2, 0.25) is 0 Å². The maximum Gasteiger partial charge on any atom is 0.0236 e. The first-order valence-corrected chi connectivity index (χ1v) is 8.76. The van der Waals surface area contributed by atoms with Crippen molar-refractivity contribution in [2.75, 3.05) is 13.1 Å².